The van der Waals surface area contributed by atoms with E-state index in [9.17, 15) is 14.4 Å². The van der Waals surface area contributed by atoms with Crippen LogP contribution in [0.25, 0.3) is 0 Å². The molecule has 3 amide bonds. The molecule has 24 heavy (non-hydrogen) atoms. The van der Waals surface area contributed by atoms with Crippen molar-refractivity contribution in [2.45, 2.75) is 26.2 Å². The zero-order valence-electron chi connectivity index (χ0n) is 13.4. The van der Waals surface area contributed by atoms with Gasteiger partial charge in [-0.3, -0.25) is 19.3 Å². The number of anilines is 1. The van der Waals surface area contributed by atoms with E-state index in [1.165, 1.54) is 0 Å². The normalized spacial score (nSPS) is 30.8. The zero-order chi connectivity index (χ0) is 17.0. The highest BCUT2D eigenvalue weighted by molar-refractivity contribution is 6.31. The number of nitrogens with zero attached hydrogens (tertiary/aromatic N) is 1. The smallest absolute Gasteiger partial charge is 0.244 e. The summed E-state index contributed by atoms with van der Waals surface area (Å²) >= 11 is 6.05. The van der Waals surface area contributed by atoms with Crippen LogP contribution in [0.2, 0.25) is 5.02 Å². The van der Waals surface area contributed by atoms with Crippen molar-refractivity contribution in [2.24, 2.45) is 23.7 Å². The Labute approximate surface area is 145 Å². The topological polar surface area (TPSA) is 66.5 Å². The van der Waals surface area contributed by atoms with Crippen LogP contribution >= 0.6 is 11.6 Å². The van der Waals surface area contributed by atoms with Crippen LogP contribution in [0.3, 0.4) is 0 Å². The van der Waals surface area contributed by atoms with Crippen LogP contribution in [0.4, 0.5) is 5.69 Å². The van der Waals surface area contributed by atoms with Gasteiger partial charge >= 0.3 is 0 Å². The first-order valence-electron chi connectivity index (χ1n) is 8.37. The number of halogens is 1. The van der Waals surface area contributed by atoms with Crippen molar-refractivity contribution >= 4 is 35.0 Å². The van der Waals surface area contributed by atoms with Crippen molar-refractivity contribution in [3.63, 3.8) is 0 Å². The standard InChI is InChI=1S/C18H19ClN2O3/c1-9-12(19)3-2-4-13(9)20-14(22)8-21-17(23)15-10-5-6-11(7-10)16(15)18(21)24/h2-4,10-11,15-16H,5-8H2,1H3,(H,20,22)/t10-,11+,15+,16-. The average Bonchev–Trinajstić information content (AvgIpc) is 3.22. The molecule has 1 aromatic carbocycles. The van der Waals surface area contributed by atoms with Crippen LogP contribution in [0, 0.1) is 30.6 Å². The van der Waals surface area contributed by atoms with Crippen LogP contribution in [0.1, 0.15) is 24.8 Å². The Bertz CT molecular complexity index is 720. The van der Waals surface area contributed by atoms with Crippen molar-refractivity contribution in [3.05, 3.63) is 28.8 Å². The molecule has 3 fully saturated rings. The summed E-state index contributed by atoms with van der Waals surface area (Å²) in [6, 6.07) is 5.25. The molecule has 1 saturated heterocycles. The molecule has 1 aromatic rings. The summed E-state index contributed by atoms with van der Waals surface area (Å²) in [4.78, 5) is 38.7. The van der Waals surface area contributed by atoms with Crippen LogP contribution in [-0.4, -0.2) is 29.2 Å². The van der Waals surface area contributed by atoms with Gasteiger partial charge in [0.05, 0.1) is 11.8 Å². The van der Waals surface area contributed by atoms with E-state index in [0.29, 0.717) is 22.5 Å². The van der Waals surface area contributed by atoms with E-state index in [0.717, 1.165) is 29.7 Å². The number of likely N-dealkylation sites (tertiary alicyclic amines) is 1. The molecule has 0 unspecified atom stereocenters. The van der Waals surface area contributed by atoms with Gasteiger partial charge in [-0.25, -0.2) is 0 Å². The van der Waals surface area contributed by atoms with Gasteiger partial charge in [-0.05, 0) is 55.7 Å². The number of fused-ring (bicyclic) bond motifs is 5. The third kappa shape index (κ3) is 2.25. The van der Waals surface area contributed by atoms with E-state index in [4.69, 9.17) is 11.6 Å². The fourth-order valence-corrected chi connectivity index (χ4v) is 4.88. The number of nitrogens with one attached hydrogen (secondary N) is 1. The molecule has 3 aliphatic rings. The molecule has 2 bridgehead atoms. The molecule has 126 valence electrons. The molecular weight excluding hydrogens is 328 g/mol. The van der Waals surface area contributed by atoms with E-state index >= 15 is 0 Å². The molecule has 1 N–H and O–H groups in total. The minimum atomic E-state index is -0.366. The minimum Gasteiger partial charge on any atom is -0.324 e. The molecule has 0 radical (unpaired) electrons. The highest BCUT2D eigenvalue weighted by Gasteiger charge is 2.60. The number of imide groups is 1. The summed E-state index contributed by atoms with van der Waals surface area (Å²) in [6.45, 7) is 1.60. The van der Waals surface area contributed by atoms with Crippen LogP contribution < -0.4 is 5.32 Å². The van der Waals surface area contributed by atoms with E-state index < -0.39 is 0 Å². The van der Waals surface area contributed by atoms with Crippen molar-refractivity contribution in [1.29, 1.82) is 0 Å². The van der Waals surface area contributed by atoms with Crippen LogP contribution in [0.15, 0.2) is 18.2 Å². The van der Waals surface area contributed by atoms with E-state index in [1.807, 2.05) is 6.92 Å². The fourth-order valence-electron chi connectivity index (χ4n) is 4.70. The Hall–Kier alpha value is -1.88. The van der Waals surface area contributed by atoms with Crippen molar-refractivity contribution < 1.29 is 14.4 Å². The maximum absolute atomic E-state index is 12.6. The average molecular weight is 347 g/mol. The number of carbonyl (C=O) groups is 3. The van der Waals surface area contributed by atoms with Gasteiger partial charge < -0.3 is 5.32 Å². The first-order chi connectivity index (χ1) is 11.5. The van der Waals surface area contributed by atoms with Crippen LogP contribution in [-0.2, 0) is 14.4 Å². The summed E-state index contributed by atoms with van der Waals surface area (Å²) in [6.07, 6.45) is 3.06. The second kappa shape index (κ2) is 5.59. The Kier molecular flexibility index (Phi) is 3.64. The van der Waals surface area contributed by atoms with Gasteiger partial charge in [-0.1, -0.05) is 17.7 Å². The molecule has 2 aliphatic carbocycles. The molecule has 1 aliphatic heterocycles. The number of hydrogen-bond acceptors (Lipinski definition) is 3. The molecule has 4 rings (SSSR count). The monoisotopic (exact) mass is 346 g/mol. The van der Waals surface area contributed by atoms with E-state index in [2.05, 4.69) is 5.32 Å². The molecule has 2 saturated carbocycles. The first kappa shape index (κ1) is 15.6. The number of amides is 3. The Morgan fingerprint density at radius 2 is 1.83 bits per heavy atom. The number of benzene rings is 1. The highest BCUT2D eigenvalue weighted by atomic mass is 35.5. The summed E-state index contributed by atoms with van der Waals surface area (Å²) in [5, 5.41) is 3.32. The fraction of sp³-hybridized carbons (Fsp3) is 0.500. The summed E-state index contributed by atoms with van der Waals surface area (Å²) in [5.74, 6) is -0.381. The van der Waals surface area contributed by atoms with Gasteiger partial charge in [0.15, 0.2) is 0 Å². The molecule has 0 spiro atoms. The predicted octanol–water partition coefficient (Wildman–Crippen LogP) is 2.62. The molecular formula is C18H19ClN2O3. The molecule has 4 atom stereocenters. The number of carbonyl (C=O) groups excluding carboxylic acids is 3. The van der Waals surface area contributed by atoms with Crippen molar-refractivity contribution in [1.82, 2.24) is 4.90 Å². The van der Waals surface area contributed by atoms with Crippen molar-refractivity contribution in [2.75, 3.05) is 11.9 Å². The maximum Gasteiger partial charge on any atom is 0.244 e. The largest absolute Gasteiger partial charge is 0.324 e. The summed E-state index contributed by atoms with van der Waals surface area (Å²) < 4.78 is 0. The number of rotatable bonds is 3. The third-order valence-corrected chi connectivity index (χ3v) is 6.27. The Morgan fingerprint density at radius 3 is 2.46 bits per heavy atom. The Morgan fingerprint density at radius 1 is 1.21 bits per heavy atom. The Balaban J connectivity index is 1.47. The van der Waals surface area contributed by atoms with Crippen molar-refractivity contribution in [3.8, 4) is 0 Å². The van der Waals surface area contributed by atoms with E-state index in [-0.39, 0.29) is 36.1 Å². The van der Waals surface area contributed by atoms with Gasteiger partial charge in [-0.2, -0.15) is 0 Å². The SMILES string of the molecule is Cc1c(Cl)cccc1NC(=O)CN1C(=O)[C@@H]2[C@H]3CC[C@H](C3)[C@@H]2C1=O. The molecule has 0 aromatic heterocycles. The lowest BCUT2D eigenvalue weighted by molar-refractivity contribution is -0.143. The maximum atomic E-state index is 12.6. The predicted molar refractivity (Wildman–Crippen MR) is 89.3 cm³/mol. The third-order valence-electron chi connectivity index (χ3n) is 5.86. The summed E-state index contributed by atoms with van der Waals surface area (Å²) in [7, 11) is 0. The lowest BCUT2D eigenvalue weighted by Crippen LogP contribution is -2.39. The lowest BCUT2D eigenvalue weighted by atomic mass is 9.81. The molecule has 1 heterocycles. The minimum absolute atomic E-state index is 0.157. The van der Waals surface area contributed by atoms with Gasteiger partial charge in [0, 0.05) is 10.7 Å². The second-order valence-corrected chi connectivity index (χ2v) is 7.52. The van der Waals surface area contributed by atoms with Gasteiger partial charge in [0.2, 0.25) is 17.7 Å². The second-order valence-electron chi connectivity index (χ2n) is 7.11. The molecule has 6 heteroatoms. The highest BCUT2D eigenvalue weighted by Crippen LogP contribution is 2.56. The summed E-state index contributed by atoms with van der Waals surface area (Å²) in [5.41, 5.74) is 1.37. The van der Waals surface area contributed by atoms with Gasteiger partial charge in [-0.15, -0.1) is 0 Å². The zero-order valence-corrected chi connectivity index (χ0v) is 14.2. The van der Waals surface area contributed by atoms with Gasteiger partial charge in [0.25, 0.3) is 0 Å². The molecule has 5 nitrogen and oxygen atoms in total. The number of hydrogen-bond donors (Lipinski definition) is 1. The van der Waals surface area contributed by atoms with Crippen LogP contribution in [0.5, 0.6) is 0 Å². The quantitative estimate of drug-likeness (QED) is 0.855. The first-order valence-corrected chi connectivity index (χ1v) is 8.75. The van der Waals surface area contributed by atoms with E-state index in [1.54, 1.807) is 18.2 Å². The lowest BCUT2D eigenvalue weighted by Gasteiger charge is -2.19. The van der Waals surface area contributed by atoms with Gasteiger partial charge in [0.1, 0.15) is 6.54 Å².